The van der Waals surface area contributed by atoms with Gasteiger partial charge in [-0.3, -0.25) is 9.78 Å². The van der Waals surface area contributed by atoms with Gasteiger partial charge in [0.15, 0.2) is 5.65 Å². The highest BCUT2D eigenvalue weighted by molar-refractivity contribution is 5.89. The number of anilines is 1. The van der Waals surface area contributed by atoms with E-state index in [4.69, 9.17) is 10.5 Å². The molecule has 0 saturated heterocycles. The van der Waals surface area contributed by atoms with E-state index in [1.54, 1.807) is 37.5 Å². The standard InChI is InChI=1S/C24H19N9O2/c1-14-5-4-10-27-18(14)13-35-24-29-22-20(17-8-9-19(34)32(2)30-17)21(28-23(26)33(22)31-24)16-7-3-6-15(11-16)12-25/h3-11H,13H2,1-2H3,(H2,26,28). The van der Waals surface area contributed by atoms with E-state index in [-0.39, 0.29) is 24.1 Å². The molecule has 0 spiro atoms. The van der Waals surface area contributed by atoms with Gasteiger partial charge in [-0.15, -0.1) is 5.10 Å². The molecule has 0 aliphatic carbocycles. The average Bonchev–Trinajstić information content (AvgIpc) is 3.30. The van der Waals surface area contributed by atoms with Crippen molar-refractivity contribution in [2.75, 3.05) is 5.73 Å². The van der Waals surface area contributed by atoms with Crippen LogP contribution in [0.3, 0.4) is 0 Å². The average molecular weight is 465 g/mol. The van der Waals surface area contributed by atoms with Crippen LogP contribution < -0.4 is 16.0 Å². The van der Waals surface area contributed by atoms with Crippen LogP contribution in [0.1, 0.15) is 16.8 Å². The summed E-state index contributed by atoms with van der Waals surface area (Å²) in [4.78, 5) is 25.4. The van der Waals surface area contributed by atoms with Gasteiger partial charge in [-0.2, -0.15) is 19.9 Å². The molecule has 0 atom stereocenters. The van der Waals surface area contributed by atoms with Gasteiger partial charge in [0.1, 0.15) is 6.61 Å². The second-order valence-corrected chi connectivity index (χ2v) is 7.75. The van der Waals surface area contributed by atoms with Gasteiger partial charge in [0.2, 0.25) is 5.95 Å². The van der Waals surface area contributed by atoms with Crippen molar-refractivity contribution in [2.24, 2.45) is 7.05 Å². The Hall–Kier alpha value is -5.11. The third kappa shape index (κ3) is 4.04. The zero-order valence-corrected chi connectivity index (χ0v) is 18.9. The van der Waals surface area contributed by atoms with Crippen molar-refractivity contribution in [3.8, 4) is 34.6 Å². The molecule has 1 aromatic carbocycles. The quantitative estimate of drug-likeness (QED) is 0.412. The highest BCUT2D eigenvalue weighted by Crippen LogP contribution is 2.34. The monoisotopic (exact) mass is 465 g/mol. The molecule has 5 rings (SSSR count). The minimum absolute atomic E-state index is 0.0716. The summed E-state index contributed by atoms with van der Waals surface area (Å²) in [6.45, 7) is 2.11. The van der Waals surface area contributed by atoms with Crippen LogP contribution in [0.25, 0.3) is 28.2 Å². The van der Waals surface area contributed by atoms with E-state index in [1.807, 2.05) is 25.1 Å². The van der Waals surface area contributed by atoms with Gasteiger partial charge in [-0.25, -0.2) is 9.67 Å². The third-order valence-corrected chi connectivity index (χ3v) is 5.43. The summed E-state index contributed by atoms with van der Waals surface area (Å²) >= 11 is 0. The number of benzene rings is 1. The molecule has 11 nitrogen and oxygen atoms in total. The maximum Gasteiger partial charge on any atom is 0.336 e. The number of nitrogen functional groups attached to an aromatic ring is 1. The first-order chi connectivity index (χ1) is 16.9. The number of nitriles is 1. The van der Waals surface area contributed by atoms with Gasteiger partial charge >= 0.3 is 6.01 Å². The lowest BCUT2D eigenvalue weighted by Gasteiger charge is -2.12. The molecular weight excluding hydrogens is 446 g/mol. The number of pyridine rings is 1. The van der Waals surface area contributed by atoms with Crippen molar-refractivity contribution >= 4 is 11.6 Å². The molecule has 0 aliphatic rings. The molecule has 172 valence electrons. The van der Waals surface area contributed by atoms with E-state index in [9.17, 15) is 10.1 Å². The summed E-state index contributed by atoms with van der Waals surface area (Å²) in [5, 5.41) is 18.1. The topological polar surface area (TPSA) is 150 Å². The first-order valence-corrected chi connectivity index (χ1v) is 10.6. The molecular formula is C24H19N9O2. The number of rotatable bonds is 5. The summed E-state index contributed by atoms with van der Waals surface area (Å²) in [7, 11) is 1.55. The van der Waals surface area contributed by atoms with Crippen molar-refractivity contribution in [1.82, 2.24) is 34.3 Å². The number of hydrogen-bond donors (Lipinski definition) is 1. The SMILES string of the molecule is Cc1cccnc1COc1nc2c(-c3ccc(=O)n(C)n3)c(-c3cccc(C#N)c3)nc(N)n2n1. The largest absolute Gasteiger partial charge is 0.456 e. The highest BCUT2D eigenvalue weighted by Gasteiger charge is 2.22. The predicted octanol–water partition coefficient (Wildman–Crippen LogP) is 2.29. The normalized spacial score (nSPS) is 10.9. The van der Waals surface area contributed by atoms with Gasteiger partial charge in [0.25, 0.3) is 5.56 Å². The van der Waals surface area contributed by atoms with Crippen LogP contribution in [0.15, 0.2) is 59.5 Å². The second-order valence-electron chi connectivity index (χ2n) is 7.75. The Morgan fingerprint density at radius 2 is 1.97 bits per heavy atom. The van der Waals surface area contributed by atoms with Gasteiger partial charge < -0.3 is 10.5 Å². The molecule has 35 heavy (non-hydrogen) atoms. The van der Waals surface area contributed by atoms with Gasteiger partial charge in [0.05, 0.1) is 34.3 Å². The van der Waals surface area contributed by atoms with Crippen LogP contribution in [0, 0.1) is 18.3 Å². The lowest BCUT2D eigenvalue weighted by atomic mass is 10.0. The molecule has 0 fully saturated rings. The lowest BCUT2D eigenvalue weighted by molar-refractivity contribution is 0.276. The number of aryl methyl sites for hydroxylation is 2. The first kappa shape index (κ1) is 21.7. The molecule has 4 aromatic heterocycles. The summed E-state index contributed by atoms with van der Waals surface area (Å²) in [6, 6.07) is 15.9. The number of nitrogens with two attached hydrogens (primary N) is 1. The van der Waals surface area contributed by atoms with E-state index in [2.05, 4.69) is 31.2 Å². The fourth-order valence-corrected chi connectivity index (χ4v) is 3.62. The zero-order chi connectivity index (χ0) is 24.5. The van der Waals surface area contributed by atoms with Crippen molar-refractivity contribution in [2.45, 2.75) is 13.5 Å². The summed E-state index contributed by atoms with van der Waals surface area (Å²) in [5.41, 5.74) is 10.5. The van der Waals surface area contributed by atoms with Crippen LogP contribution in [0.2, 0.25) is 0 Å². The Morgan fingerprint density at radius 1 is 1.11 bits per heavy atom. The summed E-state index contributed by atoms with van der Waals surface area (Å²) in [5.74, 6) is 0.0716. The summed E-state index contributed by atoms with van der Waals surface area (Å²) in [6.07, 6.45) is 1.69. The first-order valence-electron chi connectivity index (χ1n) is 10.6. The lowest BCUT2D eigenvalue weighted by Crippen LogP contribution is -2.18. The van der Waals surface area contributed by atoms with E-state index in [0.29, 0.717) is 33.7 Å². The highest BCUT2D eigenvalue weighted by atomic mass is 16.5. The minimum Gasteiger partial charge on any atom is -0.456 e. The maximum atomic E-state index is 12.0. The smallest absolute Gasteiger partial charge is 0.336 e. The third-order valence-electron chi connectivity index (χ3n) is 5.43. The zero-order valence-electron chi connectivity index (χ0n) is 18.9. The Morgan fingerprint density at radius 3 is 2.74 bits per heavy atom. The Labute approximate surface area is 199 Å². The van der Waals surface area contributed by atoms with Gasteiger partial charge in [0, 0.05) is 24.9 Å². The van der Waals surface area contributed by atoms with Gasteiger partial charge in [-0.05, 0) is 36.8 Å². The number of fused-ring (bicyclic) bond motifs is 1. The van der Waals surface area contributed by atoms with Crippen molar-refractivity contribution < 1.29 is 4.74 Å². The molecule has 11 heteroatoms. The number of aromatic nitrogens is 7. The number of nitrogens with zero attached hydrogens (tertiary/aromatic N) is 8. The van der Waals surface area contributed by atoms with E-state index >= 15 is 0 Å². The van der Waals surface area contributed by atoms with E-state index < -0.39 is 0 Å². The minimum atomic E-state index is -0.266. The van der Waals surface area contributed by atoms with E-state index in [0.717, 1.165) is 11.3 Å². The molecule has 0 radical (unpaired) electrons. The molecule has 0 amide bonds. The van der Waals surface area contributed by atoms with Crippen molar-refractivity contribution in [3.63, 3.8) is 0 Å². The van der Waals surface area contributed by atoms with Crippen LogP contribution in [0.4, 0.5) is 5.95 Å². The molecule has 4 heterocycles. The number of hydrogen-bond acceptors (Lipinski definition) is 9. The fourth-order valence-electron chi connectivity index (χ4n) is 3.62. The maximum absolute atomic E-state index is 12.0. The summed E-state index contributed by atoms with van der Waals surface area (Å²) < 4.78 is 8.40. The molecule has 0 saturated carbocycles. The molecule has 0 bridgehead atoms. The van der Waals surface area contributed by atoms with Crippen LogP contribution >= 0.6 is 0 Å². The van der Waals surface area contributed by atoms with Crippen LogP contribution in [-0.2, 0) is 13.7 Å². The Kier molecular flexibility index (Phi) is 5.39. The fraction of sp³-hybridized carbons (Fsp3) is 0.125. The van der Waals surface area contributed by atoms with Gasteiger partial charge in [-0.1, -0.05) is 18.2 Å². The molecule has 0 unspecified atom stereocenters. The second kappa shape index (κ2) is 8.68. The van der Waals surface area contributed by atoms with Crippen LogP contribution in [-0.4, -0.2) is 34.3 Å². The molecule has 2 N–H and O–H groups in total. The number of ether oxygens (including phenoxy) is 1. The van der Waals surface area contributed by atoms with E-state index in [1.165, 1.54) is 15.3 Å². The van der Waals surface area contributed by atoms with Crippen molar-refractivity contribution in [3.05, 3.63) is 81.9 Å². The van der Waals surface area contributed by atoms with Crippen molar-refractivity contribution in [1.29, 1.82) is 5.26 Å². The Bertz CT molecular complexity index is 1680. The molecule has 5 aromatic rings. The molecule has 0 aliphatic heterocycles. The predicted molar refractivity (Wildman–Crippen MR) is 127 cm³/mol. The van der Waals surface area contributed by atoms with Crippen LogP contribution in [0.5, 0.6) is 6.01 Å². The Balaban J connectivity index is 1.70.